The Bertz CT molecular complexity index is 671. The van der Waals surface area contributed by atoms with Gasteiger partial charge in [0.2, 0.25) is 0 Å². The van der Waals surface area contributed by atoms with Crippen molar-refractivity contribution in [1.29, 1.82) is 0 Å². The molecular weight excluding hydrogens is 276 g/mol. The van der Waals surface area contributed by atoms with E-state index in [0.717, 1.165) is 32.5 Å². The summed E-state index contributed by atoms with van der Waals surface area (Å²) in [7, 11) is 0. The first-order chi connectivity index (χ1) is 8.25. The molecule has 0 spiro atoms. The lowest BCUT2D eigenvalue weighted by molar-refractivity contribution is 1.22. The van der Waals surface area contributed by atoms with Gasteiger partial charge >= 0.3 is 0 Å². The maximum atomic E-state index is 4.50. The number of hydrogen-bond donors (Lipinski definition) is 1. The van der Waals surface area contributed by atoms with Gasteiger partial charge in [-0.05, 0) is 40.5 Å². The van der Waals surface area contributed by atoms with Crippen LogP contribution >= 0.6 is 15.9 Å². The summed E-state index contributed by atoms with van der Waals surface area (Å²) in [5.74, 6) is 0. The van der Waals surface area contributed by atoms with Crippen LogP contribution in [0.1, 0.15) is 5.69 Å². The summed E-state index contributed by atoms with van der Waals surface area (Å²) in [6, 6.07) is 14.4. The summed E-state index contributed by atoms with van der Waals surface area (Å²) < 4.78 is 1.08. The second kappa shape index (κ2) is 4.00. The molecule has 3 rings (SSSR count). The molecule has 0 unspecified atom stereocenters. The smallest absolute Gasteiger partial charge is 0.139 e. The Morgan fingerprint density at radius 1 is 1.06 bits per heavy atom. The van der Waals surface area contributed by atoms with E-state index in [1.165, 1.54) is 0 Å². The normalized spacial score (nSPS) is 10.9. The monoisotopic (exact) mass is 286 g/mol. The Hall–Kier alpha value is -1.61. The van der Waals surface area contributed by atoms with Gasteiger partial charge in [-0.3, -0.25) is 0 Å². The molecule has 3 heteroatoms. The van der Waals surface area contributed by atoms with Gasteiger partial charge in [0, 0.05) is 11.1 Å². The average Bonchev–Trinajstić information content (AvgIpc) is 2.67. The van der Waals surface area contributed by atoms with Gasteiger partial charge in [0.25, 0.3) is 0 Å². The standard InChI is InChI=1S/C14H11BrN2/c1-9-7-8-11-12(15)13(17-14(11)16-9)10-5-3-2-4-6-10/h2-8H,1H3,(H,16,17). The predicted octanol–water partition coefficient (Wildman–Crippen LogP) is 4.30. The number of halogens is 1. The molecule has 0 aliphatic carbocycles. The van der Waals surface area contributed by atoms with E-state index in [-0.39, 0.29) is 0 Å². The minimum absolute atomic E-state index is 0.927. The van der Waals surface area contributed by atoms with Gasteiger partial charge in [-0.2, -0.15) is 0 Å². The number of pyridine rings is 1. The number of aromatic amines is 1. The second-order valence-electron chi connectivity index (χ2n) is 4.03. The molecule has 0 aliphatic heterocycles. The van der Waals surface area contributed by atoms with Crippen molar-refractivity contribution in [3.05, 3.63) is 52.6 Å². The van der Waals surface area contributed by atoms with E-state index in [4.69, 9.17) is 0 Å². The van der Waals surface area contributed by atoms with Crippen LogP contribution in [-0.2, 0) is 0 Å². The van der Waals surface area contributed by atoms with Gasteiger partial charge < -0.3 is 4.98 Å². The molecule has 1 N–H and O–H groups in total. The van der Waals surface area contributed by atoms with Gasteiger partial charge in [0.15, 0.2) is 0 Å². The summed E-state index contributed by atoms with van der Waals surface area (Å²) >= 11 is 3.64. The predicted molar refractivity (Wildman–Crippen MR) is 74.0 cm³/mol. The highest BCUT2D eigenvalue weighted by atomic mass is 79.9. The van der Waals surface area contributed by atoms with E-state index in [0.29, 0.717) is 0 Å². The van der Waals surface area contributed by atoms with Gasteiger partial charge in [-0.1, -0.05) is 30.3 Å². The number of nitrogens with zero attached hydrogens (tertiary/aromatic N) is 1. The topological polar surface area (TPSA) is 28.7 Å². The van der Waals surface area contributed by atoms with E-state index in [1.54, 1.807) is 0 Å². The lowest BCUT2D eigenvalue weighted by atomic mass is 10.1. The fourth-order valence-electron chi connectivity index (χ4n) is 1.94. The van der Waals surface area contributed by atoms with Crippen molar-refractivity contribution in [3.63, 3.8) is 0 Å². The van der Waals surface area contributed by atoms with E-state index < -0.39 is 0 Å². The van der Waals surface area contributed by atoms with Crippen LogP contribution in [0.25, 0.3) is 22.3 Å². The third-order valence-electron chi connectivity index (χ3n) is 2.80. The molecule has 3 aromatic rings. The van der Waals surface area contributed by atoms with Gasteiger partial charge in [0.05, 0.1) is 10.2 Å². The first-order valence-corrected chi connectivity index (χ1v) is 6.25. The summed E-state index contributed by atoms with van der Waals surface area (Å²) in [5.41, 5.74) is 4.19. The quantitative estimate of drug-likeness (QED) is 0.710. The van der Waals surface area contributed by atoms with Crippen LogP contribution < -0.4 is 0 Å². The Kier molecular flexibility index (Phi) is 2.48. The number of aryl methyl sites for hydroxylation is 1. The number of nitrogens with one attached hydrogen (secondary N) is 1. The zero-order valence-corrected chi connectivity index (χ0v) is 11.0. The summed E-state index contributed by atoms with van der Waals surface area (Å²) in [4.78, 5) is 7.86. The third kappa shape index (κ3) is 1.76. The lowest BCUT2D eigenvalue weighted by Gasteiger charge is -1.97. The van der Waals surface area contributed by atoms with Crippen molar-refractivity contribution in [2.45, 2.75) is 6.92 Å². The Balaban J connectivity index is 2.28. The SMILES string of the molecule is Cc1ccc2c(Br)c(-c3ccccc3)[nH]c2n1. The van der Waals surface area contributed by atoms with Crippen LogP contribution in [0.2, 0.25) is 0 Å². The van der Waals surface area contributed by atoms with Crippen molar-refractivity contribution >= 4 is 27.0 Å². The number of hydrogen-bond acceptors (Lipinski definition) is 1. The number of H-pyrrole nitrogens is 1. The highest BCUT2D eigenvalue weighted by Gasteiger charge is 2.11. The first kappa shape index (κ1) is 10.5. The van der Waals surface area contributed by atoms with Crippen LogP contribution in [0.5, 0.6) is 0 Å². The molecule has 0 bridgehead atoms. The van der Waals surface area contributed by atoms with Crippen LogP contribution in [0.4, 0.5) is 0 Å². The van der Waals surface area contributed by atoms with E-state index in [9.17, 15) is 0 Å². The van der Waals surface area contributed by atoms with Crippen LogP contribution in [0.3, 0.4) is 0 Å². The Labute approximate surface area is 108 Å². The molecule has 84 valence electrons. The van der Waals surface area contributed by atoms with Gasteiger partial charge in [-0.15, -0.1) is 0 Å². The highest BCUT2D eigenvalue weighted by molar-refractivity contribution is 9.10. The molecule has 2 aromatic heterocycles. The van der Waals surface area contributed by atoms with E-state index in [1.807, 2.05) is 31.2 Å². The Morgan fingerprint density at radius 3 is 2.59 bits per heavy atom. The molecule has 0 aliphatic rings. The van der Waals surface area contributed by atoms with Gasteiger partial charge in [-0.25, -0.2) is 4.98 Å². The molecular formula is C14H11BrN2. The van der Waals surface area contributed by atoms with Crippen LogP contribution in [0.15, 0.2) is 46.9 Å². The molecule has 0 atom stereocenters. The average molecular weight is 287 g/mol. The molecule has 0 radical (unpaired) electrons. The second-order valence-corrected chi connectivity index (χ2v) is 4.82. The summed E-state index contributed by atoms with van der Waals surface area (Å²) in [6.07, 6.45) is 0. The number of fused-ring (bicyclic) bond motifs is 1. The minimum Gasteiger partial charge on any atom is -0.338 e. The molecule has 2 heterocycles. The molecule has 1 aromatic carbocycles. The van der Waals surface area contributed by atoms with Gasteiger partial charge in [0.1, 0.15) is 5.65 Å². The fourth-order valence-corrected chi connectivity index (χ4v) is 2.59. The summed E-state index contributed by atoms with van der Waals surface area (Å²) in [6.45, 7) is 2.00. The number of aromatic nitrogens is 2. The first-order valence-electron chi connectivity index (χ1n) is 5.46. The van der Waals surface area contributed by atoms with E-state index >= 15 is 0 Å². The maximum Gasteiger partial charge on any atom is 0.139 e. The zero-order chi connectivity index (χ0) is 11.8. The number of benzene rings is 1. The maximum absolute atomic E-state index is 4.50. The molecule has 0 fully saturated rings. The molecule has 0 saturated heterocycles. The number of rotatable bonds is 1. The minimum atomic E-state index is 0.927. The Morgan fingerprint density at radius 2 is 1.82 bits per heavy atom. The van der Waals surface area contributed by atoms with E-state index in [2.05, 4.69) is 44.1 Å². The fraction of sp³-hybridized carbons (Fsp3) is 0.0714. The zero-order valence-electron chi connectivity index (χ0n) is 9.37. The third-order valence-corrected chi connectivity index (χ3v) is 3.62. The van der Waals surface area contributed by atoms with Crippen molar-refractivity contribution in [1.82, 2.24) is 9.97 Å². The molecule has 0 amide bonds. The molecule has 17 heavy (non-hydrogen) atoms. The van der Waals surface area contributed by atoms with Crippen LogP contribution in [0, 0.1) is 6.92 Å². The largest absolute Gasteiger partial charge is 0.338 e. The van der Waals surface area contributed by atoms with Crippen molar-refractivity contribution in [3.8, 4) is 11.3 Å². The van der Waals surface area contributed by atoms with Crippen molar-refractivity contribution in [2.75, 3.05) is 0 Å². The highest BCUT2D eigenvalue weighted by Crippen LogP contribution is 2.33. The summed E-state index contributed by atoms with van der Waals surface area (Å²) in [5, 5.41) is 1.12. The lowest BCUT2D eigenvalue weighted by Crippen LogP contribution is -1.80. The molecule has 0 saturated carbocycles. The van der Waals surface area contributed by atoms with Crippen LogP contribution in [-0.4, -0.2) is 9.97 Å². The molecule has 2 nitrogen and oxygen atoms in total. The van der Waals surface area contributed by atoms with Crippen molar-refractivity contribution in [2.24, 2.45) is 0 Å². The van der Waals surface area contributed by atoms with Crippen molar-refractivity contribution < 1.29 is 0 Å².